The van der Waals surface area contributed by atoms with E-state index in [1.54, 1.807) is 37.3 Å². The molecule has 0 saturated carbocycles. The highest BCUT2D eigenvalue weighted by atomic mass is 32.2. The molecule has 0 aliphatic rings. The summed E-state index contributed by atoms with van der Waals surface area (Å²) in [5.74, 6) is 0.196. The number of carboxylic acids is 1. The molecule has 0 aliphatic heterocycles. The van der Waals surface area contributed by atoms with Crippen LogP contribution in [0.2, 0.25) is 0 Å². The third-order valence-electron chi connectivity index (χ3n) is 3.86. The van der Waals surface area contributed by atoms with E-state index in [-0.39, 0.29) is 17.3 Å². The molecular formula is C21H20FN3O4S. The molecule has 3 rings (SSSR count). The molecule has 0 atom stereocenters. The number of aromatic amines is 1. The maximum Gasteiger partial charge on any atom is 0.342 e. The highest BCUT2D eigenvalue weighted by molar-refractivity contribution is 8.04. The van der Waals surface area contributed by atoms with Crippen molar-refractivity contribution in [1.29, 1.82) is 0 Å². The van der Waals surface area contributed by atoms with Crippen molar-refractivity contribution in [3.63, 3.8) is 0 Å². The molecule has 9 heteroatoms. The number of benzene rings is 2. The number of nitrogens with one attached hydrogen (secondary N) is 1. The first-order valence-electron chi connectivity index (χ1n) is 9.10. The van der Waals surface area contributed by atoms with Gasteiger partial charge in [-0.25, -0.2) is 14.2 Å². The third kappa shape index (κ3) is 5.84. The quantitative estimate of drug-likeness (QED) is 0.383. The number of nitrogens with zero attached hydrogens (tertiary/aromatic N) is 2. The summed E-state index contributed by atoms with van der Waals surface area (Å²) in [7, 11) is 0. The number of rotatable bonds is 9. The van der Waals surface area contributed by atoms with Gasteiger partial charge >= 0.3 is 5.97 Å². The molecule has 1 heterocycles. The Morgan fingerprint density at radius 1 is 1.20 bits per heavy atom. The lowest BCUT2D eigenvalue weighted by molar-refractivity contribution is -0.131. The number of hydrogen-bond donors (Lipinski definition) is 2. The standard InChI is InChI=1S/C21H20FN3O4S/c1-3-28-18-10-15(11-19(20(26)27)30-21-23-13(2)24-25-21)6-9-17(18)29-12-14-4-7-16(22)8-5-14/h4-11H,3,12H2,1-2H3,(H,26,27)(H,23,24,25)/b19-11-. The van der Waals surface area contributed by atoms with Gasteiger partial charge in [0.25, 0.3) is 0 Å². The van der Waals surface area contributed by atoms with Gasteiger partial charge < -0.3 is 14.6 Å². The molecular weight excluding hydrogens is 409 g/mol. The number of H-pyrrole nitrogens is 1. The Balaban J connectivity index is 1.80. The van der Waals surface area contributed by atoms with E-state index >= 15 is 0 Å². The summed E-state index contributed by atoms with van der Waals surface area (Å²) in [6.07, 6.45) is 1.52. The zero-order valence-electron chi connectivity index (χ0n) is 16.4. The molecule has 156 valence electrons. The van der Waals surface area contributed by atoms with Crippen molar-refractivity contribution >= 4 is 23.8 Å². The van der Waals surface area contributed by atoms with E-state index in [0.29, 0.717) is 34.7 Å². The number of aryl methyl sites for hydroxylation is 1. The van der Waals surface area contributed by atoms with Gasteiger partial charge in [0.2, 0.25) is 5.16 Å². The van der Waals surface area contributed by atoms with E-state index in [4.69, 9.17) is 9.47 Å². The number of aromatic nitrogens is 3. The molecule has 7 nitrogen and oxygen atoms in total. The number of hydrogen-bond acceptors (Lipinski definition) is 6. The van der Waals surface area contributed by atoms with Gasteiger partial charge in [0.15, 0.2) is 11.5 Å². The number of halogens is 1. The number of ether oxygens (including phenoxy) is 2. The normalized spacial score (nSPS) is 11.4. The number of aliphatic carboxylic acids is 1. The predicted molar refractivity (Wildman–Crippen MR) is 111 cm³/mol. The lowest BCUT2D eigenvalue weighted by Gasteiger charge is -2.13. The Bertz CT molecular complexity index is 1050. The van der Waals surface area contributed by atoms with Gasteiger partial charge in [-0.1, -0.05) is 18.2 Å². The molecule has 0 aliphatic carbocycles. The molecule has 2 aromatic carbocycles. The van der Waals surface area contributed by atoms with E-state index < -0.39 is 5.97 Å². The number of carbonyl (C=O) groups is 1. The Hall–Kier alpha value is -3.33. The first-order valence-corrected chi connectivity index (χ1v) is 9.92. The van der Waals surface area contributed by atoms with Crippen molar-refractivity contribution in [2.75, 3.05) is 6.61 Å². The molecule has 0 amide bonds. The van der Waals surface area contributed by atoms with Crippen LogP contribution in [0.3, 0.4) is 0 Å². The minimum Gasteiger partial charge on any atom is -0.490 e. The van der Waals surface area contributed by atoms with Crippen LogP contribution in [0, 0.1) is 12.7 Å². The fourth-order valence-electron chi connectivity index (χ4n) is 2.50. The van der Waals surface area contributed by atoms with Crippen LogP contribution >= 0.6 is 11.8 Å². The molecule has 0 fully saturated rings. The van der Waals surface area contributed by atoms with Crippen LogP contribution in [0.1, 0.15) is 23.9 Å². The van der Waals surface area contributed by atoms with Gasteiger partial charge in [0, 0.05) is 0 Å². The van der Waals surface area contributed by atoms with Gasteiger partial charge in [-0.3, -0.25) is 5.10 Å². The van der Waals surface area contributed by atoms with Crippen molar-refractivity contribution in [2.45, 2.75) is 25.6 Å². The van der Waals surface area contributed by atoms with Crippen LogP contribution in [0.5, 0.6) is 11.5 Å². The molecule has 0 spiro atoms. The van der Waals surface area contributed by atoms with Crippen LogP contribution in [0.4, 0.5) is 4.39 Å². The van der Waals surface area contributed by atoms with Gasteiger partial charge in [-0.05, 0) is 67.1 Å². The molecule has 0 radical (unpaired) electrons. The van der Waals surface area contributed by atoms with Gasteiger partial charge in [-0.15, -0.1) is 5.10 Å². The zero-order chi connectivity index (χ0) is 21.5. The summed E-state index contributed by atoms with van der Waals surface area (Å²) in [4.78, 5) is 15.8. The maximum absolute atomic E-state index is 13.0. The average Bonchev–Trinajstić information content (AvgIpc) is 3.13. The second-order valence-corrected chi connectivity index (χ2v) is 7.18. The fraction of sp³-hybridized carbons (Fsp3) is 0.190. The summed E-state index contributed by atoms with van der Waals surface area (Å²) in [6.45, 7) is 4.24. The lowest BCUT2D eigenvalue weighted by atomic mass is 10.2. The van der Waals surface area contributed by atoms with E-state index in [9.17, 15) is 14.3 Å². The Morgan fingerprint density at radius 3 is 2.60 bits per heavy atom. The smallest absolute Gasteiger partial charge is 0.342 e. The highest BCUT2D eigenvalue weighted by Crippen LogP contribution is 2.32. The average molecular weight is 429 g/mol. The van der Waals surface area contributed by atoms with E-state index in [1.165, 1.54) is 18.2 Å². The predicted octanol–water partition coefficient (Wildman–Crippen LogP) is 4.45. The maximum atomic E-state index is 13.0. The molecule has 1 aromatic heterocycles. The van der Waals surface area contributed by atoms with E-state index in [2.05, 4.69) is 15.2 Å². The summed E-state index contributed by atoms with van der Waals surface area (Å²) >= 11 is 0.950. The number of thioether (sulfide) groups is 1. The second-order valence-electron chi connectivity index (χ2n) is 6.17. The molecule has 2 N–H and O–H groups in total. The first-order chi connectivity index (χ1) is 14.4. The Morgan fingerprint density at radius 2 is 1.97 bits per heavy atom. The molecule has 3 aromatic rings. The van der Waals surface area contributed by atoms with E-state index in [0.717, 1.165) is 17.3 Å². The topological polar surface area (TPSA) is 97.3 Å². The van der Waals surface area contributed by atoms with Gasteiger partial charge in [0.1, 0.15) is 23.2 Å². The highest BCUT2D eigenvalue weighted by Gasteiger charge is 2.14. The molecule has 0 saturated heterocycles. The molecule has 30 heavy (non-hydrogen) atoms. The van der Waals surface area contributed by atoms with Crippen LogP contribution in [0.15, 0.2) is 52.5 Å². The summed E-state index contributed by atoms with van der Waals surface area (Å²) in [5, 5.41) is 16.5. The van der Waals surface area contributed by atoms with Crippen molar-refractivity contribution < 1.29 is 23.8 Å². The van der Waals surface area contributed by atoms with Crippen LogP contribution in [-0.2, 0) is 11.4 Å². The summed E-state index contributed by atoms with van der Waals surface area (Å²) in [6, 6.07) is 11.2. The van der Waals surface area contributed by atoms with Crippen molar-refractivity contribution in [1.82, 2.24) is 15.2 Å². The largest absolute Gasteiger partial charge is 0.490 e. The first kappa shape index (κ1) is 21.4. The number of carboxylic acid groups (broad SMARTS) is 1. The van der Waals surface area contributed by atoms with Gasteiger partial charge in [-0.2, -0.15) is 0 Å². The van der Waals surface area contributed by atoms with Crippen molar-refractivity contribution in [3.05, 3.63) is 70.1 Å². The second kappa shape index (κ2) is 9.93. The third-order valence-corrected chi connectivity index (χ3v) is 4.74. The summed E-state index contributed by atoms with van der Waals surface area (Å²) in [5.41, 5.74) is 1.44. The monoisotopic (exact) mass is 429 g/mol. The van der Waals surface area contributed by atoms with Crippen molar-refractivity contribution in [3.8, 4) is 11.5 Å². The zero-order valence-corrected chi connectivity index (χ0v) is 17.2. The minimum atomic E-state index is -1.09. The Labute approximate surface area is 176 Å². The van der Waals surface area contributed by atoms with Crippen LogP contribution < -0.4 is 9.47 Å². The molecule has 0 bridgehead atoms. The van der Waals surface area contributed by atoms with Crippen molar-refractivity contribution in [2.24, 2.45) is 0 Å². The lowest BCUT2D eigenvalue weighted by Crippen LogP contribution is -2.01. The SMILES string of the molecule is CCOc1cc(/C=C(\Sc2n[nH]c(C)n2)C(=O)O)ccc1OCc1ccc(F)cc1. The van der Waals surface area contributed by atoms with Gasteiger partial charge in [0.05, 0.1) is 6.61 Å². The fourth-order valence-corrected chi connectivity index (χ4v) is 3.25. The Kier molecular flexibility index (Phi) is 7.08. The summed E-state index contributed by atoms with van der Waals surface area (Å²) < 4.78 is 24.5. The van der Waals surface area contributed by atoms with E-state index in [1.807, 2.05) is 6.92 Å². The molecule has 0 unspecified atom stereocenters. The minimum absolute atomic E-state index is 0.0661. The van der Waals surface area contributed by atoms with Crippen LogP contribution in [-0.4, -0.2) is 32.9 Å². The van der Waals surface area contributed by atoms with Crippen LogP contribution in [0.25, 0.3) is 6.08 Å².